The maximum atomic E-state index is 14.6. The predicted molar refractivity (Wildman–Crippen MR) is 110 cm³/mol. The molecule has 0 radical (unpaired) electrons. The van der Waals surface area contributed by atoms with Crippen LogP contribution in [0.1, 0.15) is 50.0 Å². The van der Waals surface area contributed by atoms with E-state index in [1.165, 1.54) is 11.0 Å². The standard InChI is InChI=1S/C21H26F2N2O5S/c1-31(27,28)24-18-3-2-8-25-19(18)11-29-15-6-4-13(5-7-15)16-9-14(22)10-17(23)21(16)30-12-20(25)26/h9-10,13,15,19H,2-8,11-12H2,1H3/b24-18+/t13?,15?,19-/m0/s1. The highest BCUT2D eigenvalue weighted by molar-refractivity contribution is 7.89. The van der Waals surface area contributed by atoms with Crippen molar-refractivity contribution in [2.24, 2.45) is 4.40 Å². The lowest BCUT2D eigenvalue weighted by Crippen LogP contribution is -2.53. The van der Waals surface area contributed by atoms with Crippen molar-refractivity contribution in [2.75, 3.05) is 26.0 Å². The van der Waals surface area contributed by atoms with E-state index in [4.69, 9.17) is 9.47 Å². The van der Waals surface area contributed by atoms with E-state index in [9.17, 15) is 22.0 Å². The van der Waals surface area contributed by atoms with Crippen molar-refractivity contribution in [3.63, 3.8) is 0 Å². The molecule has 5 rings (SSSR count). The Morgan fingerprint density at radius 1 is 1.16 bits per heavy atom. The van der Waals surface area contributed by atoms with Crippen molar-refractivity contribution in [3.05, 3.63) is 29.3 Å². The van der Waals surface area contributed by atoms with Gasteiger partial charge >= 0.3 is 0 Å². The molecule has 2 fully saturated rings. The van der Waals surface area contributed by atoms with Gasteiger partial charge in [-0.1, -0.05) is 0 Å². The van der Waals surface area contributed by atoms with Gasteiger partial charge in [0.05, 0.1) is 30.7 Å². The third-order valence-corrected chi connectivity index (χ3v) is 6.74. The molecule has 0 unspecified atom stereocenters. The first kappa shape index (κ1) is 22.1. The number of halogens is 2. The minimum Gasteiger partial charge on any atom is -0.480 e. The number of nitrogens with zero attached hydrogens (tertiary/aromatic N) is 2. The van der Waals surface area contributed by atoms with Crippen molar-refractivity contribution in [3.8, 4) is 5.75 Å². The lowest BCUT2D eigenvalue weighted by Gasteiger charge is -2.37. The molecular formula is C21H26F2N2O5S. The number of ether oxygens (including phenoxy) is 2. The molecule has 10 heteroatoms. The van der Waals surface area contributed by atoms with Gasteiger partial charge in [-0.2, -0.15) is 4.40 Å². The van der Waals surface area contributed by atoms with Crippen molar-refractivity contribution >= 4 is 21.6 Å². The van der Waals surface area contributed by atoms with Crippen LogP contribution in [0, 0.1) is 11.6 Å². The third kappa shape index (κ3) is 5.06. The highest BCUT2D eigenvalue weighted by atomic mass is 32.2. The fourth-order valence-electron chi connectivity index (χ4n) is 4.76. The van der Waals surface area contributed by atoms with Crippen molar-refractivity contribution in [1.82, 2.24) is 4.90 Å². The fourth-order valence-corrected chi connectivity index (χ4v) is 5.40. The van der Waals surface area contributed by atoms with Gasteiger partial charge in [0.15, 0.2) is 18.2 Å². The average Bonchev–Trinajstić information content (AvgIpc) is 2.71. The second-order valence-corrected chi connectivity index (χ2v) is 10.1. The van der Waals surface area contributed by atoms with Crippen LogP contribution in [0.2, 0.25) is 0 Å². The van der Waals surface area contributed by atoms with Crippen LogP contribution in [0.4, 0.5) is 8.78 Å². The smallest absolute Gasteiger partial charge is 0.261 e. The molecule has 0 N–H and O–H groups in total. The molecule has 3 aliphatic heterocycles. The van der Waals surface area contributed by atoms with Gasteiger partial charge in [0, 0.05) is 18.2 Å². The van der Waals surface area contributed by atoms with Gasteiger partial charge in [0.1, 0.15) is 5.82 Å². The molecule has 1 aliphatic carbocycles. The van der Waals surface area contributed by atoms with E-state index in [1.54, 1.807) is 0 Å². The number of hydrogen-bond donors (Lipinski definition) is 0. The fraction of sp³-hybridized carbons (Fsp3) is 0.619. The molecule has 1 amide bonds. The van der Waals surface area contributed by atoms with Gasteiger partial charge < -0.3 is 14.4 Å². The molecule has 1 aromatic carbocycles. The lowest BCUT2D eigenvalue weighted by atomic mass is 9.82. The zero-order valence-electron chi connectivity index (χ0n) is 17.4. The van der Waals surface area contributed by atoms with Gasteiger partial charge in [-0.15, -0.1) is 0 Å². The van der Waals surface area contributed by atoms with E-state index < -0.39 is 40.2 Å². The Labute approximate surface area is 180 Å². The van der Waals surface area contributed by atoms with E-state index in [-0.39, 0.29) is 24.4 Å². The summed E-state index contributed by atoms with van der Waals surface area (Å²) in [6, 6.07) is 1.43. The Hall–Kier alpha value is -2.07. The number of piperidine rings is 1. The molecular weight excluding hydrogens is 430 g/mol. The topological polar surface area (TPSA) is 85.3 Å². The summed E-state index contributed by atoms with van der Waals surface area (Å²) in [7, 11) is -3.63. The Balaban J connectivity index is 1.69. The SMILES string of the molecule is CS(=O)(=O)/N=C1\CCCN2C(=O)COc3c(F)cc(F)cc3C3CCC(CC3)OC[C@@H]12. The quantitative estimate of drug-likeness (QED) is 0.649. The summed E-state index contributed by atoms with van der Waals surface area (Å²) in [5.41, 5.74) is 0.830. The normalized spacial score (nSPS) is 28.7. The van der Waals surface area contributed by atoms with Gasteiger partial charge in [-0.3, -0.25) is 4.79 Å². The zero-order chi connectivity index (χ0) is 22.2. The molecule has 3 heterocycles. The highest BCUT2D eigenvalue weighted by Crippen LogP contribution is 2.40. The molecule has 1 aromatic rings. The second-order valence-electron chi connectivity index (χ2n) is 8.42. The van der Waals surface area contributed by atoms with E-state index in [2.05, 4.69) is 4.40 Å². The van der Waals surface area contributed by atoms with Crippen molar-refractivity contribution in [1.29, 1.82) is 0 Å². The minimum absolute atomic E-state index is 0.0712. The number of carbonyl (C=O) groups excluding carboxylic acids is 1. The second kappa shape index (κ2) is 8.82. The molecule has 1 atom stereocenters. The molecule has 1 saturated heterocycles. The Morgan fingerprint density at radius 3 is 2.61 bits per heavy atom. The zero-order valence-corrected chi connectivity index (χ0v) is 18.2. The average molecular weight is 457 g/mol. The van der Waals surface area contributed by atoms with Gasteiger partial charge in [0.25, 0.3) is 5.91 Å². The van der Waals surface area contributed by atoms with Crippen LogP contribution in [0.5, 0.6) is 5.75 Å². The number of rotatable bonds is 1. The molecule has 0 aromatic heterocycles. The summed E-state index contributed by atoms with van der Waals surface area (Å²) in [6.07, 6.45) is 4.70. The predicted octanol–water partition coefficient (Wildman–Crippen LogP) is 2.79. The monoisotopic (exact) mass is 456 g/mol. The molecule has 7 nitrogen and oxygen atoms in total. The first-order chi connectivity index (χ1) is 14.7. The van der Waals surface area contributed by atoms with Crippen LogP contribution in [0.25, 0.3) is 0 Å². The van der Waals surface area contributed by atoms with E-state index in [0.717, 1.165) is 12.3 Å². The molecule has 4 aliphatic rings. The van der Waals surface area contributed by atoms with Crippen molar-refractivity contribution < 1.29 is 31.5 Å². The number of hydrogen-bond acceptors (Lipinski definition) is 5. The number of benzene rings is 1. The molecule has 0 spiro atoms. The first-order valence-electron chi connectivity index (χ1n) is 10.5. The van der Waals surface area contributed by atoms with Gasteiger partial charge in [-0.05, 0) is 50.5 Å². The van der Waals surface area contributed by atoms with Crippen LogP contribution in [0.15, 0.2) is 16.5 Å². The van der Waals surface area contributed by atoms with E-state index >= 15 is 0 Å². The summed E-state index contributed by atoms with van der Waals surface area (Å²) in [6.45, 7) is 0.102. The molecule has 1 saturated carbocycles. The van der Waals surface area contributed by atoms with Crippen LogP contribution in [-0.2, 0) is 19.6 Å². The number of carbonyl (C=O) groups is 1. The summed E-state index contributed by atoms with van der Waals surface area (Å²) < 4.78 is 67.6. The van der Waals surface area contributed by atoms with E-state index in [1.807, 2.05) is 0 Å². The Morgan fingerprint density at radius 2 is 1.90 bits per heavy atom. The molecule has 31 heavy (non-hydrogen) atoms. The summed E-state index contributed by atoms with van der Waals surface area (Å²) >= 11 is 0. The maximum absolute atomic E-state index is 14.6. The van der Waals surface area contributed by atoms with Gasteiger partial charge in [0.2, 0.25) is 10.0 Å². The van der Waals surface area contributed by atoms with Crippen molar-refractivity contribution in [2.45, 2.75) is 56.6 Å². The number of amides is 1. The largest absolute Gasteiger partial charge is 0.480 e. The number of fused-ring (bicyclic) bond motifs is 5. The molecule has 2 bridgehead atoms. The van der Waals surface area contributed by atoms with Gasteiger partial charge in [-0.25, -0.2) is 17.2 Å². The highest BCUT2D eigenvalue weighted by Gasteiger charge is 2.35. The van der Waals surface area contributed by atoms with Crippen LogP contribution in [-0.4, -0.2) is 63.1 Å². The number of sulfonamides is 1. The molecule has 170 valence electrons. The summed E-state index contributed by atoms with van der Waals surface area (Å²) in [5.74, 6) is -2.09. The minimum atomic E-state index is -3.63. The summed E-state index contributed by atoms with van der Waals surface area (Å²) in [5, 5.41) is 0. The lowest BCUT2D eigenvalue weighted by molar-refractivity contribution is -0.136. The third-order valence-electron chi connectivity index (χ3n) is 6.18. The van der Waals surface area contributed by atoms with Crippen LogP contribution < -0.4 is 4.74 Å². The summed E-state index contributed by atoms with van der Waals surface area (Å²) in [4.78, 5) is 14.5. The van der Waals surface area contributed by atoms with Crippen LogP contribution >= 0.6 is 0 Å². The first-order valence-corrected chi connectivity index (χ1v) is 12.4. The Bertz CT molecular complexity index is 990. The maximum Gasteiger partial charge on any atom is 0.261 e. The van der Waals surface area contributed by atoms with Crippen LogP contribution in [0.3, 0.4) is 0 Å². The van der Waals surface area contributed by atoms with E-state index in [0.29, 0.717) is 56.3 Å². The Kier molecular flexibility index (Phi) is 6.30.